The molecule has 1 aromatic carbocycles. The molecule has 1 spiro atoms. The molecule has 0 radical (unpaired) electrons. The molecule has 1 N–H and O–H groups in total. The number of imidazole rings is 1. The average Bonchev–Trinajstić information content (AvgIpc) is 3.54. The van der Waals surface area contributed by atoms with Gasteiger partial charge in [-0.3, -0.25) is 14.5 Å². The summed E-state index contributed by atoms with van der Waals surface area (Å²) in [5, 5.41) is 3.37. The van der Waals surface area contributed by atoms with Gasteiger partial charge in [0.2, 0.25) is 11.8 Å². The highest BCUT2D eigenvalue weighted by molar-refractivity contribution is 5.79. The Kier molecular flexibility index (Phi) is 7.76. The molecule has 8 nitrogen and oxygen atoms in total. The van der Waals surface area contributed by atoms with Crippen LogP contribution in [0.15, 0.2) is 30.3 Å². The van der Waals surface area contributed by atoms with E-state index in [1.54, 1.807) is 0 Å². The summed E-state index contributed by atoms with van der Waals surface area (Å²) in [7, 11) is 0. The number of fused-ring (bicyclic) bond motifs is 1. The molecule has 2 aromatic rings. The number of halogens is 3. The Morgan fingerprint density at radius 3 is 2.61 bits per heavy atom. The van der Waals surface area contributed by atoms with Crippen molar-refractivity contribution in [1.82, 2.24) is 24.7 Å². The van der Waals surface area contributed by atoms with E-state index in [4.69, 9.17) is 9.72 Å². The van der Waals surface area contributed by atoms with E-state index in [0.717, 1.165) is 61.4 Å². The van der Waals surface area contributed by atoms with Crippen LogP contribution in [-0.4, -0.2) is 75.7 Å². The number of piperidine rings is 1. The van der Waals surface area contributed by atoms with Gasteiger partial charge in [0.1, 0.15) is 12.2 Å². The van der Waals surface area contributed by atoms with Crippen LogP contribution in [-0.2, 0) is 27.3 Å². The molecule has 4 unspecified atom stereocenters. The van der Waals surface area contributed by atoms with Crippen molar-refractivity contribution < 1.29 is 27.5 Å². The largest absolute Gasteiger partial charge is 0.397 e. The summed E-state index contributed by atoms with van der Waals surface area (Å²) in [6.45, 7) is 4.63. The first-order valence-corrected chi connectivity index (χ1v) is 16.2. The van der Waals surface area contributed by atoms with Crippen LogP contribution in [0.4, 0.5) is 13.2 Å². The van der Waals surface area contributed by atoms with Gasteiger partial charge in [-0.1, -0.05) is 30.3 Å². The van der Waals surface area contributed by atoms with E-state index in [9.17, 15) is 22.8 Å². The van der Waals surface area contributed by atoms with Crippen LogP contribution in [0, 0.1) is 18.3 Å². The minimum absolute atomic E-state index is 0.00197. The number of hydrogen-bond acceptors (Lipinski definition) is 5. The summed E-state index contributed by atoms with van der Waals surface area (Å²) in [6.07, 6.45) is 1.32. The number of rotatable bonds is 8. The van der Waals surface area contributed by atoms with Crippen molar-refractivity contribution in [3.8, 4) is 0 Å². The lowest BCUT2D eigenvalue weighted by atomic mass is 9.53. The van der Waals surface area contributed by atoms with Crippen molar-refractivity contribution in [2.45, 2.75) is 102 Å². The normalized spacial score (nSPS) is 29.2. The summed E-state index contributed by atoms with van der Waals surface area (Å²) >= 11 is 0. The summed E-state index contributed by atoms with van der Waals surface area (Å²) in [5.41, 5.74) is 3.24. The van der Waals surface area contributed by atoms with Gasteiger partial charge in [0.05, 0.1) is 24.0 Å². The van der Waals surface area contributed by atoms with Gasteiger partial charge in [-0.2, -0.15) is 13.2 Å². The highest BCUT2D eigenvalue weighted by Crippen LogP contribution is 2.67. The number of benzene rings is 1. The molecule has 5 atom stereocenters. The van der Waals surface area contributed by atoms with E-state index in [0.29, 0.717) is 31.7 Å². The second-order valence-corrected chi connectivity index (χ2v) is 13.6. The average molecular weight is 614 g/mol. The third-order valence-corrected chi connectivity index (χ3v) is 11.2. The third-order valence-electron chi connectivity index (χ3n) is 11.2. The predicted octanol–water partition coefficient (Wildman–Crippen LogP) is 4.87. The number of likely N-dealkylation sites (tertiary alicyclic amines) is 1. The number of ether oxygens (including phenoxy) is 1. The Bertz CT molecular complexity index is 1390. The van der Waals surface area contributed by atoms with Crippen LogP contribution < -0.4 is 5.32 Å². The minimum Gasteiger partial charge on any atom is -0.381 e. The molecule has 0 bridgehead atoms. The summed E-state index contributed by atoms with van der Waals surface area (Å²) in [6, 6.07) is 11.4. The van der Waals surface area contributed by atoms with Crippen molar-refractivity contribution in [3.63, 3.8) is 0 Å². The van der Waals surface area contributed by atoms with Crippen LogP contribution in [0.5, 0.6) is 0 Å². The summed E-state index contributed by atoms with van der Waals surface area (Å²) < 4.78 is 46.6. The van der Waals surface area contributed by atoms with E-state index in [2.05, 4.69) is 26.9 Å². The third kappa shape index (κ3) is 5.33. The molecule has 3 aliphatic heterocycles. The van der Waals surface area contributed by atoms with Gasteiger partial charge < -0.3 is 19.5 Å². The Morgan fingerprint density at radius 1 is 1.14 bits per heavy atom. The molecule has 2 aliphatic carbocycles. The smallest absolute Gasteiger partial charge is 0.381 e. The number of nitrogens with one attached hydrogen (secondary N) is 1. The van der Waals surface area contributed by atoms with E-state index in [-0.39, 0.29) is 42.4 Å². The second-order valence-electron chi connectivity index (χ2n) is 13.6. The van der Waals surface area contributed by atoms with E-state index < -0.39 is 18.5 Å². The van der Waals surface area contributed by atoms with E-state index >= 15 is 0 Å². The molecular weight excluding hydrogens is 571 g/mol. The van der Waals surface area contributed by atoms with Crippen LogP contribution >= 0.6 is 0 Å². The maximum absolute atomic E-state index is 13.2. The second kappa shape index (κ2) is 11.5. The number of nitrogens with zero attached hydrogens (tertiary/aromatic N) is 4. The molecule has 2 amide bonds. The molecule has 7 rings (SSSR count). The molecule has 5 aliphatic rings. The highest BCUT2D eigenvalue weighted by atomic mass is 19.4. The van der Waals surface area contributed by atoms with Gasteiger partial charge in [0, 0.05) is 62.2 Å². The van der Waals surface area contributed by atoms with Crippen molar-refractivity contribution in [2.24, 2.45) is 11.3 Å². The molecule has 1 aromatic heterocycles. The fraction of sp³-hybridized carbons (Fsp3) is 0.667. The molecule has 2 saturated heterocycles. The highest BCUT2D eigenvalue weighted by Gasteiger charge is 2.69. The fourth-order valence-electron chi connectivity index (χ4n) is 9.06. The van der Waals surface area contributed by atoms with Gasteiger partial charge in [-0.15, -0.1) is 0 Å². The van der Waals surface area contributed by atoms with Crippen LogP contribution in [0.25, 0.3) is 0 Å². The standard InChI is InChI=1S/C33H42F3N5O3/c1-21-37-26-8-13-39(30(42)19-33(34,35)36)20-27(26)41(21)24-17-29-32(18-24)12-7-28(32)40(29)14-9-25(22-5-3-2-4-6-22)38-31(43)23-10-15-44-16-11-23/h2-6,23-25,28-29H,7-20H2,1H3,(H,38,43)/t24?,25-,28?,29?,32?/m0/s1. The monoisotopic (exact) mass is 613 g/mol. The van der Waals surface area contributed by atoms with Crippen molar-refractivity contribution in [1.29, 1.82) is 0 Å². The number of carbonyl (C=O) groups excluding carboxylic acids is 2. The van der Waals surface area contributed by atoms with E-state index in [1.807, 2.05) is 25.1 Å². The van der Waals surface area contributed by atoms with Crippen molar-refractivity contribution in [2.75, 3.05) is 26.3 Å². The fourth-order valence-corrected chi connectivity index (χ4v) is 9.06. The Morgan fingerprint density at radius 2 is 1.91 bits per heavy atom. The first-order valence-electron chi connectivity index (χ1n) is 16.2. The number of amides is 2. The van der Waals surface area contributed by atoms with Crippen LogP contribution in [0.3, 0.4) is 0 Å². The predicted molar refractivity (Wildman–Crippen MR) is 156 cm³/mol. The minimum atomic E-state index is -4.51. The molecule has 4 heterocycles. The maximum Gasteiger partial charge on any atom is 0.397 e. The number of hydrogen-bond donors (Lipinski definition) is 1. The van der Waals surface area contributed by atoms with Crippen molar-refractivity contribution in [3.05, 3.63) is 53.1 Å². The van der Waals surface area contributed by atoms with E-state index in [1.165, 1.54) is 17.7 Å². The SMILES string of the molecule is Cc1nc2c(n1C1CC3N(CC[C@H](NC(=O)C4CCOCC4)c4ccccc4)C4CCC43C1)CN(C(=O)CC(F)(F)F)CC2. The number of aromatic nitrogens is 2. The van der Waals surface area contributed by atoms with Gasteiger partial charge >= 0.3 is 6.18 Å². The lowest BCUT2D eigenvalue weighted by Gasteiger charge is -2.68. The molecular formula is C33H42F3N5O3. The zero-order chi connectivity index (χ0) is 30.6. The zero-order valence-electron chi connectivity index (χ0n) is 25.3. The van der Waals surface area contributed by atoms with Crippen LogP contribution in [0.2, 0.25) is 0 Å². The lowest BCUT2D eigenvalue weighted by molar-refractivity contribution is -0.188. The Balaban J connectivity index is 1.04. The Hall–Kier alpha value is -2.92. The molecule has 44 heavy (non-hydrogen) atoms. The number of aryl methyl sites for hydroxylation is 1. The quantitative estimate of drug-likeness (QED) is 0.460. The summed E-state index contributed by atoms with van der Waals surface area (Å²) in [4.78, 5) is 34.5. The molecule has 4 fully saturated rings. The van der Waals surface area contributed by atoms with Gasteiger partial charge in [0.25, 0.3) is 0 Å². The zero-order valence-corrected chi connectivity index (χ0v) is 25.3. The van der Waals surface area contributed by atoms with Gasteiger partial charge in [0.15, 0.2) is 0 Å². The topological polar surface area (TPSA) is 79.7 Å². The molecule has 11 heteroatoms. The molecule has 238 valence electrons. The summed E-state index contributed by atoms with van der Waals surface area (Å²) in [5.74, 6) is 0.150. The first-order chi connectivity index (χ1) is 21.1. The Labute approximate surface area is 256 Å². The van der Waals surface area contributed by atoms with Gasteiger partial charge in [-0.25, -0.2) is 4.98 Å². The lowest BCUT2D eigenvalue weighted by Crippen LogP contribution is -2.74. The van der Waals surface area contributed by atoms with Gasteiger partial charge in [-0.05, 0) is 57.4 Å². The first kappa shape index (κ1) is 29.8. The maximum atomic E-state index is 13.2. The number of alkyl halides is 3. The van der Waals surface area contributed by atoms with Crippen LogP contribution in [0.1, 0.15) is 86.2 Å². The van der Waals surface area contributed by atoms with Crippen molar-refractivity contribution >= 4 is 11.8 Å². The molecule has 2 saturated carbocycles. The number of carbonyl (C=O) groups is 2.